The van der Waals surface area contributed by atoms with E-state index in [4.69, 9.17) is 9.47 Å². The van der Waals surface area contributed by atoms with Crippen LogP contribution in [-0.4, -0.2) is 36.0 Å². The Balaban J connectivity index is 2.61. The van der Waals surface area contributed by atoms with Crippen LogP contribution < -0.4 is 4.74 Å². The second kappa shape index (κ2) is 6.93. The predicted molar refractivity (Wildman–Crippen MR) is 91.4 cm³/mol. The van der Waals surface area contributed by atoms with Gasteiger partial charge >= 0.3 is 5.97 Å². The van der Waals surface area contributed by atoms with E-state index in [0.717, 1.165) is 11.1 Å². The van der Waals surface area contributed by atoms with E-state index in [0.29, 0.717) is 23.3 Å². The molecule has 0 aromatic heterocycles. The number of aliphatic hydroxyl groups is 1. The number of rotatable bonds is 5. The van der Waals surface area contributed by atoms with Crippen LogP contribution in [-0.2, 0) is 11.2 Å². The van der Waals surface area contributed by atoms with Crippen LogP contribution in [0.25, 0.3) is 11.1 Å². The lowest BCUT2D eigenvalue weighted by Crippen LogP contribution is -2.22. The molecule has 0 heterocycles. The van der Waals surface area contributed by atoms with Gasteiger partial charge in [-0.05, 0) is 55.3 Å². The molecule has 0 amide bonds. The van der Waals surface area contributed by atoms with Crippen LogP contribution >= 0.6 is 0 Å². The first-order valence-corrected chi connectivity index (χ1v) is 7.56. The summed E-state index contributed by atoms with van der Waals surface area (Å²) in [5.74, 6) is 0.222. The molecule has 0 bridgehead atoms. The van der Waals surface area contributed by atoms with Gasteiger partial charge in [0.05, 0.1) is 25.4 Å². The third kappa shape index (κ3) is 4.06. The van der Waals surface area contributed by atoms with Crippen molar-refractivity contribution in [3.05, 3.63) is 47.5 Å². The molecule has 2 rings (SSSR count). The van der Waals surface area contributed by atoms with Gasteiger partial charge in [-0.3, -0.25) is 0 Å². The van der Waals surface area contributed by atoms with Crippen molar-refractivity contribution in [3.8, 4) is 22.6 Å². The summed E-state index contributed by atoms with van der Waals surface area (Å²) in [6, 6.07) is 9.93. The fraction of sp³-hybridized carbons (Fsp3) is 0.316. The summed E-state index contributed by atoms with van der Waals surface area (Å²) in [5, 5.41) is 20.4. The van der Waals surface area contributed by atoms with Gasteiger partial charge in [-0.15, -0.1) is 0 Å². The van der Waals surface area contributed by atoms with Crippen molar-refractivity contribution in [3.63, 3.8) is 0 Å². The fourth-order valence-electron chi connectivity index (χ4n) is 2.57. The Labute approximate surface area is 141 Å². The molecule has 0 aliphatic rings. The van der Waals surface area contributed by atoms with Crippen molar-refractivity contribution < 1.29 is 24.5 Å². The quantitative estimate of drug-likeness (QED) is 0.824. The second-order valence-electron chi connectivity index (χ2n) is 6.24. The molecular formula is C19H22O5. The number of carbonyl (C=O) groups is 1. The van der Waals surface area contributed by atoms with Gasteiger partial charge in [0.15, 0.2) is 0 Å². The zero-order valence-corrected chi connectivity index (χ0v) is 14.3. The zero-order chi connectivity index (χ0) is 17.9. The third-order valence-electron chi connectivity index (χ3n) is 3.64. The van der Waals surface area contributed by atoms with Crippen molar-refractivity contribution in [1.82, 2.24) is 0 Å². The van der Waals surface area contributed by atoms with Crippen LogP contribution in [0.2, 0.25) is 0 Å². The Hall–Kier alpha value is -2.53. The van der Waals surface area contributed by atoms with Crippen molar-refractivity contribution >= 4 is 5.97 Å². The van der Waals surface area contributed by atoms with E-state index < -0.39 is 11.6 Å². The second-order valence-corrected chi connectivity index (χ2v) is 6.24. The number of methoxy groups -OCH3 is 2. The fourth-order valence-corrected chi connectivity index (χ4v) is 2.57. The van der Waals surface area contributed by atoms with Crippen LogP contribution in [0, 0.1) is 0 Å². The van der Waals surface area contributed by atoms with Crippen molar-refractivity contribution in [2.45, 2.75) is 25.9 Å². The Kier molecular flexibility index (Phi) is 5.14. The molecule has 0 aliphatic heterocycles. The number of phenols is 1. The number of hydrogen-bond donors (Lipinski definition) is 2. The standard InChI is InChI=1S/C19H22O5/c1-19(2,22)11-13-9-14(23-3)6-7-15(13)16-10-12(18(21)24-4)5-8-17(16)20/h5-10,20,22H,11H2,1-4H3. The Morgan fingerprint density at radius 2 is 1.79 bits per heavy atom. The Morgan fingerprint density at radius 1 is 1.08 bits per heavy atom. The molecule has 0 atom stereocenters. The molecule has 24 heavy (non-hydrogen) atoms. The molecular weight excluding hydrogens is 308 g/mol. The molecule has 2 N–H and O–H groups in total. The van der Waals surface area contributed by atoms with E-state index in [9.17, 15) is 15.0 Å². The van der Waals surface area contributed by atoms with E-state index in [1.807, 2.05) is 6.07 Å². The van der Waals surface area contributed by atoms with Crippen molar-refractivity contribution in [1.29, 1.82) is 0 Å². The molecule has 0 spiro atoms. The first-order valence-electron chi connectivity index (χ1n) is 7.56. The van der Waals surface area contributed by atoms with Crippen LogP contribution in [0.4, 0.5) is 0 Å². The normalized spacial score (nSPS) is 11.2. The molecule has 0 saturated heterocycles. The number of phenolic OH excluding ortho intramolecular Hbond substituents is 1. The number of hydrogen-bond acceptors (Lipinski definition) is 5. The van der Waals surface area contributed by atoms with E-state index in [-0.39, 0.29) is 5.75 Å². The highest BCUT2D eigenvalue weighted by Crippen LogP contribution is 2.36. The summed E-state index contributed by atoms with van der Waals surface area (Å²) in [7, 11) is 2.88. The molecule has 0 radical (unpaired) electrons. The van der Waals surface area contributed by atoms with Gasteiger partial charge in [-0.25, -0.2) is 4.79 Å². The number of aromatic hydroxyl groups is 1. The lowest BCUT2D eigenvalue weighted by molar-refractivity contribution is 0.0600. The van der Waals surface area contributed by atoms with Crippen molar-refractivity contribution in [2.75, 3.05) is 14.2 Å². The summed E-state index contributed by atoms with van der Waals surface area (Å²) in [4.78, 5) is 11.8. The lowest BCUT2D eigenvalue weighted by atomic mass is 9.90. The van der Waals surface area contributed by atoms with Gasteiger partial charge in [-0.2, -0.15) is 0 Å². The highest BCUT2D eigenvalue weighted by molar-refractivity contribution is 5.92. The van der Waals surface area contributed by atoms with Crippen molar-refractivity contribution in [2.24, 2.45) is 0 Å². The largest absolute Gasteiger partial charge is 0.507 e. The molecule has 0 fully saturated rings. The lowest BCUT2D eigenvalue weighted by Gasteiger charge is -2.21. The topological polar surface area (TPSA) is 76.0 Å². The number of ether oxygens (including phenoxy) is 2. The van der Waals surface area contributed by atoms with Gasteiger partial charge in [0.2, 0.25) is 0 Å². The van der Waals surface area contributed by atoms with E-state index in [1.54, 1.807) is 39.2 Å². The van der Waals surface area contributed by atoms with Crippen LogP contribution in [0.5, 0.6) is 11.5 Å². The SMILES string of the molecule is COC(=O)c1ccc(O)c(-c2ccc(OC)cc2CC(C)(C)O)c1. The molecule has 0 unspecified atom stereocenters. The minimum Gasteiger partial charge on any atom is -0.507 e. The first-order chi connectivity index (χ1) is 11.2. The average Bonchev–Trinajstić information content (AvgIpc) is 2.53. The maximum Gasteiger partial charge on any atom is 0.337 e. The average molecular weight is 330 g/mol. The number of esters is 1. The minimum atomic E-state index is -0.934. The maximum absolute atomic E-state index is 11.8. The minimum absolute atomic E-state index is 0.0461. The van der Waals surface area contributed by atoms with E-state index in [1.165, 1.54) is 19.2 Å². The summed E-state index contributed by atoms with van der Waals surface area (Å²) >= 11 is 0. The third-order valence-corrected chi connectivity index (χ3v) is 3.64. The summed E-state index contributed by atoms with van der Waals surface area (Å²) < 4.78 is 9.99. The van der Waals surface area contributed by atoms with Gasteiger partial charge in [-0.1, -0.05) is 6.07 Å². The van der Waals surface area contributed by atoms with Gasteiger partial charge in [0.25, 0.3) is 0 Å². The molecule has 128 valence electrons. The summed E-state index contributed by atoms with van der Waals surface area (Å²) in [5.41, 5.74) is 1.44. The Morgan fingerprint density at radius 3 is 2.38 bits per heavy atom. The molecule has 2 aromatic rings. The monoisotopic (exact) mass is 330 g/mol. The molecule has 5 heteroatoms. The molecule has 0 aliphatic carbocycles. The highest BCUT2D eigenvalue weighted by Gasteiger charge is 2.20. The smallest absolute Gasteiger partial charge is 0.337 e. The number of carbonyl (C=O) groups excluding carboxylic acids is 1. The van der Waals surface area contributed by atoms with Crippen LogP contribution in [0.15, 0.2) is 36.4 Å². The van der Waals surface area contributed by atoms with Crippen LogP contribution in [0.3, 0.4) is 0 Å². The molecule has 2 aromatic carbocycles. The van der Waals surface area contributed by atoms with E-state index in [2.05, 4.69) is 0 Å². The van der Waals surface area contributed by atoms with Gasteiger partial charge < -0.3 is 19.7 Å². The number of benzene rings is 2. The zero-order valence-electron chi connectivity index (χ0n) is 14.3. The van der Waals surface area contributed by atoms with E-state index >= 15 is 0 Å². The van der Waals surface area contributed by atoms with Gasteiger partial charge in [0.1, 0.15) is 11.5 Å². The summed E-state index contributed by atoms with van der Waals surface area (Å²) in [6.45, 7) is 3.42. The Bertz CT molecular complexity index is 744. The molecule has 5 nitrogen and oxygen atoms in total. The summed E-state index contributed by atoms with van der Waals surface area (Å²) in [6.07, 6.45) is 0.363. The maximum atomic E-state index is 11.8. The van der Waals surface area contributed by atoms with Gasteiger partial charge in [0, 0.05) is 12.0 Å². The first kappa shape index (κ1) is 17.8. The highest BCUT2D eigenvalue weighted by atomic mass is 16.5. The van der Waals surface area contributed by atoms with Crippen LogP contribution in [0.1, 0.15) is 29.8 Å². The predicted octanol–water partition coefficient (Wildman–Crippen LogP) is 3.17. The molecule has 0 saturated carbocycles.